The van der Waals surface area contributed by atoms with E-state index >= 15 is 0 Å². The van der Waals surface area contributed by atoms with E-state index in [-0.39, 0.29) is 35.8 Å². The molecule has 8 heteroatoms. The van der Waals surface area contributed by atoms with Crippen LogP contribution in [0.5, 0.6) is 5.75 Å². The summed E-state index contributed by atoms with van der Waals surface area (Å²) in [7, 11) is 0. The second-order valence-electron chi connectivity index (χ2n) is 6.26. The highest BCUT2D eigenvalue weighted by Gasteiger charge is 2.41. The number of nitrogens with zero attached hydrogens (tertiary/aromatic N) is 2. The van der Waals surface area contributed by atoms with Gasteiger partial charge >= 0.3 is 12.0 Å². The summed E-state index contributed by atoms with van der Waals surface area (Å²) in [5.41, 5.74) is 0.518. The van der Waals surface area contributed by atoms with Crippen LogP contribution >= 0.6 is 0 Å². The lowest BCUT2D eigenvalue weighted by Crippen LogP contribution is -2.43. The van der Waals surface area contributed by atoms with Gasteiger partial charge in [-0.3, -0.25) is 9.59 Å². The Morgan fingerprint density at radius 2 is 1.84 bits per heavy atom. The van der Waals surface area contributed by atoms with E-state index < -0.39 is 17.8 Å². The Hall–Kier alpha value is -2.90. The third-order valence-electron chi connectivity index (χ3n) is 3.89. The van der Waals surface area contributed by atoms with Gasteiger partial charge in [0.15, 0.2) is 18.2 Å². The Morgan fingerprint density at radius 3 is 2.40 bits per heavy atom. The Balaban J connectivity index is 2.13. The molecule has 0 aromatic heterocycles. The standard InChI is InChI=1S/C17H17FN2O5/c1-8(2)15-16(22)20(17(23)25-15)11-6-12-13(5-10(11)18)24-7-14(21)19(12)9(3)4/h5-6,9H,7H2,1-4H3. The van der Waals surface area contributed by atoms with Gasteiger partial charge in [-0.1, -0.05) is 0 Å². The molecule has 1 aromatic carbocycles. The molecule has 7 nitrogen and oxygen atoms in total. The number of hydrogen-bond acceptors (Lipinski definition) is 5. The van der Waals surface area contributed by atoms with Gasteiger partial charge in [0, 0.05) is 12.1 Å². The number of rotatable bonds is 2. The van der Waals surface area contributed by atoms with Crippen molar-refractivity contribution in [2.75, 3.05) is 16.4 Å². The number of carbonyl (C=O) groups excluding carboxylic acids is 3. The predicted octanol–water partition coefficient (Wildman–Crippen LogP) is 2.74. The summed E-state index contributed by atoms with van der Waals surface area (Å²) >= 11 is 0. The first-order valence-electron chi connectivity index (χ1n) is 7.74. The van der Waals surface area contributed by atoms with Gasteiger partial charge in [0.05, 0.1) is 11.4 Å². The van der Waals surface area contributed by atoms with Crippen LogP contribution in [-0.4, -0.2) is 30.6 Å². The van der Waals surface area contributed by atoms with Gasteiger partial charge in [-0.2, -0.15) is 0 Å². The van der Waals surface area contributed by atoms with Crippen molar-refractivity contribution in [1.82, 2.24) is 0 Å². The third-order valence-corrected chi connectivity index (χ3v) is 3.89. The summed E-state index contributed by atoms with van der Waals surface area (Å²) in [5, 5.41) is 0. The second-order valence-corrected chi connectivity index (χ2v) is 6.26. The van der Waals surface area contributed by atoms with E-state index in [4.69, 9.17) is 9.47 Å². The molecule has 0 spiro atoms. The smallest absolute Gasteiger partial charge is 0.427 e. The zero-order valence-electron chi connectivity index (χ0n) is 14.3. The fraction of sp³-hybridized carbons (Fsp3) is 0.353. The Morgan fingerprint density at radius 1 is 1.16 bits per heavy atom. The lowest BCUT2D eigenvalue weighted by molar-refractivity contribution is -0.121. The number of ether oxygens (including phenoxy) is 2. The van der Waals surface area contributed by atoms with Crippen LogP contribution in [0.4, 0.5) is 20.6 Å². The van der Waals surface area contributed by atoms with Gasteiger partial charge in [-0.25, -0.2) is 14.1 Å². The highest BCUT2D eigenvalue weighted by molar-refractivity contribution is 6.24. The van der Waals surface area contributed by atoms with E-state index in [0.29, 0.717) is 16.2 Å². The maximum absolute atomic E-state index is 14.5. The van der Waals surface area contributed by atoms with Crippen molar-refractivity contribution in [3.63, 3.8) is 0 Å². The second kappa shape index (κ2) is 5.87. The number of amides is 3. The molecule has 0 atom stereocenters. The van der Waals surface area contributed by atoms with Crippen molar-refractivity contribution < 1.29 is 28.2 Å². The van der Waals surface area contributed by atoms with Crippen LogP contribution in [0.3, 0.4) is 0 Å². The van der Waals surface area contributed by atoms with Crippen LogP contribution in [0.2, 0.25) is 0 Å². The van der Waals surface area contributed by atoms with Gasteiger partial charge < -0.3 is 14.4 Å². The van der Waals surface area contributed by atoms with Crippen molar-refractivity contribution in [3.8, 4) is 5.75 Å². The average molecular weight is 348 g/mol. The van der Waals surface area contributed by atoms with Crippen molar-refractivity contribution in [2.45, 2.75) is 33.7 Å². The lowest BCUT2D eigenvalue weighted by atomic mass is 10.1. The normalized spacial score (nSPS) is 17.0. The van der Waals surface area contributed by atoms with E-state index in [2.05, 4.69) is 0 Å². The molecule has 1 saturated heterocycles. The van der Waals surface area contributed by atoms with E-state index in [1.165, 1.54) is 11.0 Å². The molecule has 0 N–H and O–H groups in total. The van der Waals surface area contributed by atoms with E-state index in [1.807, 2.05) is 0 Å². The maximum atomic E-state index is 14.5. The zero-order chi connectivity index (χ0) is 18.5. The van der Waals surface area contributed by atoms with Crippen LogP contribution in [0.15, 0.2) is 23.5 Å². The fourth-order valence-corrected chi connectivity index (χ4v) is 2.80. The van der Waals surface area contributed by atoms with Gasteiger partial charge in [0.25, 0.3) is 5.91 Å². The number of anilines is 2. The van der Waals surface area contributed by atoms with E-state index in [1.54, 1.807) is 27.7 Å². The molecule has 2 aliphatic rings. The highest BCUT2D eigenvalue weighted by atomic mass is 19.1. The van der Waals surface area contributed by atoms with Gasteiger partial charge in [0.1, 0.15) is 5.75 Å². The summed E-state index contributed by atoms with van der Waals surface area (Å²) in [6, 6.07) is 2.12. The van der Waals surface area contributed by atoms with Crippen molar-refractivity contribution in [2.24, 2.45) is 0 Å². The van der Waals surface area contributed by atoms with Gasteiger partial charge in [0.2, 0.25) is 0 Å². The monoisotopic (exact) mass is 348 g/mol. The van der Waals surface area contributed by atoms with Crippen LogP contribution in [-0.2, 0) is 14.3 Å². The quantitative estimate of drug-likeness (QED) is 0.768. The fourth-order valence-electron chi connectivity index (χ4n) is 2.80. The maximum Gasteiger partial charge on any atom is 0.427 e. The van der Waals surface area contributed by atoms with Crippen LogP contribution < -0.4 is 14.5 Å². The molecule has 132 valence electrons. The molecule has 1 fully saturated rings. The van der Waals surface area contributed by atoms with E-state index in [0.717, 1.165) is 6.07 Å². The third kappa shape index (κ3) is 2.63. The molecule has 2 heterocycles. The number of benzene rings is 1. The molecule has 0 bridgehead atoms. The lowest BCUT2D eigenvalue weighted by Gasteiger charge is -2.33. The van der Waals surface area contributed by atoms with Gasteiger partial charge in [-0.15, -0.1) is 0 Å². The Kier molecular flexibility index (Phi) is 3.98. The van der Waals surface area contributed by atoms with Crippen molar-refractivity contribution in [1.29, 1.82) is 0 Å². The first-order chi connectivity index (χ1) is 11.7. The van der Waals surface area contributed by atoms with Crippen molar-refractivity contribution in [3.05, 3.63) is 29.3 Å². The van der Waals surface area contributed by atoms with Gasteiger partial charge in [-0.05, 0) is 39.3 Å². The molecule has 0 saturated carbocycles. The first-order valence-corrected chi connectivity index (χ1v) is 7.74. The topological polar surface area (TPSA) is 76.2 Å². The minimum Gasteiger partial charge on any atom is -0.481 e. The molecular weight excluding hydrogens is 331 g/mol. The number of halogens is 1. The number of cyclic esters (lactones) is 1. The summed E-state index contributed by atoms with van der Waals surface area (Å²) in [6.07, 6.45) is -0.987. The van der Waals surface area contributed by atoms with E-state index in [9.17, 15) is 18.8 Å². The number of allylic oxidation sites excluding steroid dienone is 1. The number of imide groups is 1. The summed E-state index contributed by atoms with van der Waals surface area (Å²) < 4.78 is 24.7. The molecule has 2 aliphatic heterocycles. The molecular formula is C17H17FN2O5. The highest BCUT2D eigenvalue weighted by Crippen LogP contribution is 2.40. The van der Waals surface area contributed by atoms with Crippen LogP contribution in [0.25, 0.3) is 0 Å². The molecule has 3 amide bonds. The minimum atomic E-state index is -0.987. The number of carbonyl (C=O) groups is 3. The van der Waals surface area contributed by atoms with Crippen molar-refractivity contribution >= 4 is 29.3 Å². The molecule has 1 aromatic rings. The van der Waals surface area contributed by atoms with Crippen LogP contribution in [0, 0.1) is 5.82 Å². The largest absolute Gasteiger partial charge is 0.481 e. The number of fused-ring (bicyclic) bond motifs is 1. The average Bonchev–Trinajstić information content (AvgIpc) is 2.81. The molecule has 0 radical (unpaired) electrons. The summed E-state index contributed by atoms with van der Waals surface area (Å²) in [5.74, 6) is -1.81. The Bertz CT molecular complexity index is 827. The molecule has 25 heavy (non-hydrogen) atoms. The molecule has 3 rings (SSSR count). The zero-order valence-corrected chi connectivity index (χ0v) is 14.3. The van der Waals surface area contributed by atoms with Crippen LogP contribution in [0.1, 0.15) is 27.7 Å². The SMILES string of the molecule is CC(C)=C1OC(=O)N(c2cc3c(cc2F)OCC(=O)N3C(C)C)C1=O. The molecule has 0 unspecified atom stereocenters. The molecule has 0 aliphatic carbocycles. The number of hydrogen-bond donors (Lipinski definition) is 0. The predicted molar refractivity (Wildman–Crippen MR) is 86.9 cm³/mol. The summed E-state index contributed by atoms with van der Waals surface area (Å²) in [4.78, 5) is 38.6. The minimum absolute atomic E-state index is 0.129. The Labute approximate surface area is 143 Å². The first kappa shape index (κ1) is 16.9. The summed E-state index contributed by atoms with van der Waals surface area (Å²) in [6.45, 7) is 6.62.